The summed E-state index contributed by atoms with van der Waals surface area (Å²) in [6.07, 6.45) is 4.50. The molecule has 0 amide bonds. The Morgan fingerprint density at radius 1 is 1.36 bits per heavy atom. The number of nitrogens with one attached hydrogen (secondary N) is 1. The Balaban J connectivity index is 3.09. The van der Waals surface area contributed by atoms with E-state index in [1.54, 1.807) is 0 Å². The molecule has 0 bridgehead atoms. The Morgan fingerprint density at radius 2 is 2.07 bits per heavy atom. The van der Waals surface area contributed by atoms with Crippen LogP contribution in [0.15, 0.2) is 12.7 Å². The fourth-order valence-corrected chi connectivity index (χ4v) is 1.33. The van der Waals surface area contributed by atoms with Crippen molar-refractivity contribution in [1.29, 1.82) is 0 Å². The zero-order valence-corrected chi connectivity index (χ0v) is 10.1. The zero-order valence-electron chi connectivity index (χ0n) is 10.1. The van der Waals surface area contributed by atoms with E-state index in [2.05, 4.69) is 37.7 Å². The summed E-state index contributed by atoms with van der Waals surface area (Å²) in [6, 6.07) is 0. The van der Waals surface area contributed by atoms with Gasteiger partial charge in [0.25, 0.3) is 0 Å². The molecule has 2 heteroatoms. The van der Waals surface area contributed by atoms with Gasteiger partial charge in [0.1, 0.15) is 0 Å². The summed E-state index contributed by atoms with van der Waals surface area (Å²) in [5.41, 5.74) is 0. The molecule has 0 saturated carbocycles. The van der Waals surface area contributed by atoms with Crippen molar-refractivity contribution in [1.82, 2.24) is 10.2 Å². The van der Waals surface area contributed by atoms with Gasteiger partial charge in [0, 0.05) is 6.54 Å². The molecule has 0 aromatic heterocycles. The van der Waals surface area contributed by atoms with E-state index in [-0.39, 0.29) is 0 Å². The lowest BCUT2D eigenvalue weighted by atomic mass is 10.2. The molecule has 0 saturated heterocycles. The standard InChI is InChI=1S/C12H26N2/c1-5-9-14(4)10-7-6-8-13-11-12(2)3/h5,12-13H,1,6-11H2,2-4H3. The third kappa shape index (κ3) is 9.75. The van der Waals surface area contributed by atoms with Crippen LogP contribution >= 0.6 is 0 Å². The highest BCUT2D eigenvalue weighted by molar-refractivity contribution is 4.70. The van der Waals surface area contributed by atoms with E-state index >= 15 is 0 Å². The van der Waals surface area contributed by atoms with Crippen molar-refractivity contribution in [3.63, 3.8) is 0 Å². The fraction of sp³-hybridized carbons (Fsp3) is 0.833. The molecule has 84 valence electrons. The number of hydrogen-bond donors (Lipinski definition) is 1. The monoisotopic (exact) mass is 198 g/mol. The predicted molar refractivity (Wildman–Crippen MR) is 64.6 cm³/mol. The number of nitrogens with zero attached hydrogens (tertiary/aromatic N) is 1. The molecule has 0 aliphatic heterocycles. The Kier molecular flexibility index (Phi) is 9.00. The largest absolute Gasteiger partial charge is 0.316 e. The van der Waals surface area contributed by atoms with Gasteiger partial charge in [-0.3, -0.25) is 0 Å². The van der Waals surface area contributed by atoms with Gasteiger partial charge in [-0.05, 0) is 45.4 Å². The van der Waals surface area contributed by atoms with Crippen LogP contribution in [0.25, 0.3) is 0 Å². The van der Waals surface area contributed by atoms with Gasteiger partial charge in [-0.15, -0.1) is 6.58 Å². The molecule has 0 aromatic carbocycles. The third-order valence-corrected chi connectivity index (χ3v) is 2.14. The summed E-state index contributed by atoms with van der Waals surface area (Å²) in [6.45, 7) is 12.7. The highest BCUT2D eigenvalue weighted by Crippen LogP contribution is 1.93. The van der Waals surface area contributed by atoms with Crippen LogP contribution in [0.4, 0.5) is 0 Å². The molecule has 0 aliphatic carbocycles. The molecule has 2 nitrogen and oxygen atoms in total. The van der Waals surface area contributed by atoms with Crippen molar-refractivity contribution in [2.75, 3.05) is 33.2 Å². The predicted octanol–water partition coefficient (Wildman–Crippen LogP) is 2.13. The molecule has 0 spiro atoms. The van der Waals surface area contributed by atoms with E-state index in [1.165, 1.54) is 19.4 Å². The van der Waals surface area contributed by atoms with Crippen LogP contribution in [-0.2, 0) is 0 Å². The number of hydrogen-bond acceptors (Lipinski definition) is 2. The first-order chi connectivity index (χ1) is 6.66. The molecule has 0 aromatic rings. The summed E-state index contributed by atoms with van der Waals surface area (Å²) >= 11 is 0. The van der Waals surface area contributed by atoms with Crippen LogP contribution < -0.4 is 5.32 Å². The van der Waals surface area contributed by atoms with Crippen molar-refractivity contribution >= 4 is 0 Å². The average molecular weight is 198 g/mol. The maximum Gasteiger partial charge on any atom is 0.0157 e. The Labute approximate surface area is 89.4 Å². The summed E-state index contributed by atoms with van der Waals surface area (Å²) in [4.78, 5) is 2.30. The lowest BCUT2D eigenvalue weighted by Crippen LogP contribution is -2.23. The molecular formula is C12H26N2. The number of likely N-dealkylation sites (N-methyl/N-ethyl adjacent to an activating group) is 1. The minimum atomic E-state index is 0.762. The van der Waals surface area contributed by atoms with Gasteiger partial charge in [0.15, 0.2) is 0 Å². The minimum Gasteiger partial charge on any atom is -0.316 e. The van der Waals surface area contributed by atoms with Crippen LogP contribution in [0.3, 0.4) is 0 Å². The molecule has 0 heterocycles. The first-order valence-electron chi connectivity index (χ1n) is 5.67. The van der Waals surface area contributed by atoms with Crippen molar-refractivity contribution < 1.29 is 0 Å². The molecule has 0 radical (unpaired) electrons. The van der Waals surface area contributed by atoms with Crippen molar-refractivity contribution in [2.45, 2.75) is 26.7 Å². The SMILES string of the molecule is C=CCN(C)CCCCNCC(C)C. The van der Waals surface area contributed by atoms with Crippen LogP contribution in [0.2, 0.25) is 0 Å². The lowest BCUT2D eigenvalue weighted by Gasteiger charge is -2.14. The summed E-state index contributed by atoms with van der Waals surface area (Å²) in [5, 5.41) is 3.45. The lowest BCUT2D eigenvalue weighted by molar-refractivity contribution is 0.357. The van der Waals surface area contributed by atoms with Crippen LogP contribution in [0, 0.1) is 5.92 Å². The third-order valence-electron chi connectivity index (χ3n) is 2.14. The van der Waals surface area contributed by atoms with E-state index in [1.807, 2.05) is 6.08 Å². The first-order valence-corrected chi connectivity index (χ1v) is 5.67. The van der Waals surface area contributed by atoms with Crippen molar-refractivity contribution in [3.8, 4) is 0 Å². The average Bonchev–Trinajstić information content (AvgIpc) is 2.11. The Morgan fingerprint density at radius 3 is 2.64 bits per heavy atom. The number of rotatable bonds is 9. The summed E-state index contributed by atoms with van der Waals surface area (Å²) < 4.78 is 0. The van der Waals surface area contributed by atoms with E-state index in [0.29, 0.717) is 0 Å². The van der Waals surface area contributed by atoms with Gasteiger partial charge in [0.05, 0.1) is 0 Å². The zero-order chi connectivity index (χ0) is 10.8. The van der Waals surface area contributed by atoms with Gasteiger partial charge in [-0.25, -0.2) is 0 Å². The first kappa shape index (κ1) is 13.7. The van der Waals surface area contributed by atoms with Crippen molar-refractivity contribution in [2.24, 2.45) is 5.92 Å². The normalized spacial score (nSPS) is 11.2. The smallest absolute Gasteiger partial charge is 0.0157 e. The van der Waals surface area contributed by atoms with Gasteiger partial charge in [0.2, 0.25) is 0 Å². The Hall–Kier alpha value is -0.340. The quantitative estimate of drug-likeness (QED) is 0.451. The van der Waals surface area contributed by atoms with E-state index in [0.717, 1.165) is 25.6 Å². The second-order valence-electron chi connectivity index (χ2n) is 4.36. The van der Waals surface area contributed by atoms with Gasteiger partial charge < -0.3 is 10.2 Å². The second kappa shape index (κ2) is 9.22. The van der Waals surface area contributed by atoms with Crippen molar-refractivity contribution in [3.05, 3.63) is 12.7 Å². The molecule has 0 atom stereocenters. The molecule has 0 unspecified atom stereocenters. The summed E-state index contributed by atoms with van der Waals surface area (Å²) in [7, 11) is 2.14. The van der Waals surface area contributed by atoms with Gasteiger partial charge in [-0.1, -0.05) is 19.9 Å². The van der Waals surface area contributed by atoms with Crippen LogP contribution in [-0.4, -0.2) is 38.1 Å². The molecule has 1 N–H and O–H groups in total. The maximum absolute atomic E-state index is 3.72. The summed E-state index contributed by atoms with van der Waals surface area (Å²) in [5.74, 6) is 0.762. The van der Waals surface area contributed by atoms with E-state index in [4.69, 9.17) is 0 Å². The molecule has 0 rings (SSSR count). The maximum atomic E-state index is 3.72. The Bertz CT molecular complexity index is 132. The topological polar surface area (TPSA) is 15.3 Å². The van der Waals surface area contributed by atoms with Gasteiger partial charge >= 0.3 is 0 Å². The van der Waals surface area contributed by atoms with Crippen LogP contribution in [0.1, 0.15) is 26.7 Å². The molecule has 0 fully saturated rings. The van der Waals surface area contributed by atoms with E-state index < -0.39 is 0 Å². The number of unbranched alkanes of at least 4 members (excludes halogenated alkanes) is 1. The second-order valence-corrected chi connectivity index (χ2v) is 4.36. The molecular weight excluding hydrogens is 172 g/mol. The highest BCUT2D eigenvalue weighted by Gasteiger charge is 1.95. The van der Waals surface area contributed by atoms with Gasteiger partial charge in [-0.2, -0.15) is 0 Å². The minimum absolute atomic E-state index is 0.762. The molecule has 14 heavy (non-hydrogen) atoms. The fourth-order valence-electron chi connectivity index (χ4n) is 1.33. The highest BCUT2D eigenvalue weighted by atomic mass is 15.1. The molecule has 0 aliphatic rings. The van der Waals surface area contributed by atoms with E-state index in [9.17, 15) is 0 Å². The van der Waals surface area contributed by atoms with Crippen LogP contribution in [0.5, 0.6) is 0 Å².